The molecule has 0 radical (unpaired) electrons. The van der Waals surface area contributed by atoms with E-state index in [-0.39, 0.29) is 17.5 Å². The Morgan fingerprint density at radius 1 is 1.18 bits per heavy atom. The van der Waals surface area contributed by atoms with Gasteiger partial charge in [0, 0.05) is 38.4 Å². The van der Waals surface area contributed by atoms with Crippen LogP contribution in [0.2, 0.25) is 10.0 Å². The zero-order valence-corrected chi connectivity index (χ0v) is 19.9. The maximum absolute atomic E-state index is 14.5. The Morgan fingerprint density at radius 2 is 1.94 bits per heavy atom. The van der Waals surface area contributed by atoms with Crippen molar-refractivity contribution in [1.29, 1.82) is 0 Å². The summed E-state index contributed by atoms with van der Waals surface area (Å²) < 4.78 is 21.6. The average Bonchev–Trinajstić information content (AvgIpc) is 3.10. The Morgan fingerprint density at radius 3 is 2.61 bits per heavy atom. The van der Waals surface area contributed by atoms with Crippen molar-refractivity contribution in [3.8, 4) is 17.1 Å². The highest BCUT2D eigenvalue weighted by atomic mass is 35.5. The molecule has 0 bridgehead atoms. The van der Waals surface area contributed by atoms with Crippen molar-refractivity contribution in [1.82, 2.24) is 19.7 Å². The molecule has 7 nitrogen and oxygen atoms in total. The number of anilines is 1. The second-order valence-corrected chi connectivity index (χ2v) is 8.44. The molecule has 1 saturated heterocycles. The zero-order valence-electron chi connectivity index (χ0n) is 18.4. The second kappa shape index (κ2) is 9.97. The first-order chi connectivity index (χ1) is 15.9. The van der Waals surface area contributed by atoms with Crippen LogP contribution in [0.25, 0.3) is 11.4 Å². The van der Waals surface area contributed by atoms with Gasteiger partial charge >= 0.3 is 0 Å². The number of halogens is 3. The minimum atomic E-state index is -0.410. The van der Waals surface area contributed by atoms with Gasteiger partial charge in [0.15, 0.2) is 0 Å². The molecular formula is C23H24Cl2FN5O2. The lowest BCUT2D eigenvalue weighted by Gasteiger charge is -2.36. The summed E-state index contributed by atoms with van der Waals surface area (Å²) >= 11 is 12.5. The molecule has 0 N–H and O–H groups in total. The highest BCUT2D eigenvalue weighted by Crippen LogP contribution is 2.33. The molecule has 1 amide bonds. The van der Waals surface area contributed by atoms with Crippen molar-refractivity contribution in [2.75, 3.05) is 37.7 Å². The van der Waals surface area contributed by atoms with Crippen LogP contribution in [0.15, 0.2) is 36.5 Å². The van der Waals surface area contributed by atoms with Gasteiger partial charge in [-0.3, -0.25) is 14.5 Å². The quantitative estimate of drug-likeness (QED) is 0.509. The minimum Gasteiger partial charge on any atom is -0.492 e. The van der Waals surface area contributed by atoms with Crippen molar-refractivity contribution in [3.05, 3.63) is 58.1 Å². The van der Waals surface area contributed by atoms with Crippen molar-refractivity contribution < 1.29 is 13.9 Å². The molecule has 10 heteroatoms. The number of benzene rings is 1. The number of carbonyl (C=O) groups is 1. The van der Waals surface area contributed by atoms with Gasteiger partial charge in [0.05, 0.1) is 33.7 Å². The van der Waals surface area contributed by atoms with E-state index < -0.39 is 5.82 Å². The van der Waals surface area contributed by atoms with Crippen LogP contribution in [0, 0.1) is 12.7 Å². The van der Waals surface area contributed by atoms with Gasteiger partial charge in [0.2, 0.25) is 5.91 Å². The summed E-state index contributed by atoms with van der Waals surface area (Å²) in [4.78, 5) is 20.9. The predicted molar refractivity (Wildman–Crippen MR) is 127 cm³/mol. The maximum Gasteiger partial charge on any atom is 0.244 e. The first-order valence-corrected chi connectivity index (χ1v) is 11.4. The van der Waals surface area contributed by atoms with E-state index in [1.165, 1.54) is 6.07 Å². The summed E-state index contributed by atoms with van der Waals surface area (Å²) in [7, 11) is 0. The number of pyridine rings is 1. The molecule has 174 valence electrons. The molecule has 3 heterocycles. The molecule has 1 aliphatic heterocycles. The summed E-state index contributed by atoms with van der Waals surface area (Å²) in [6.07, 6.45) is 1.67. The smallest absolute Gasteiger partial charge is 0.244 e. The minimum absolute atomic E-state index is 0.0716. The molecular weight excluding hydrogens is 468 g/mol. The molecule has 0 unspecified atom stereocenters. The number of amides is 1. The molecule has 2 aromatic heterocycles. The summed E-state index contributed by atoms with van der Waals surface area (Å²) in [5.41, 5.74) is 2.33. The number of carbonyl (C=O) groups excluding carboxylic acids is 1. The number of piperazine rings is 1. The molecule has 1 fully saturated rings. The van der Waals surface area contributed by atoms with Gasteiger partial charge in [0.1, 0.15) is 23.8 Å². The van der Waals surface area contributed by atoms with E-state index in [4.69, 9.17) is 27.9 Å². The highest BCUT2D eigenvalue weighted by molar-refractivity contribution is 6.33. The lowest BCUT2D eigenvalue weighted by Crippen LogP contribution is -2.50. The number of nitrogens with zero attached hydrogens (tertiary/aromatic N) is 5. The van der Waals surface area contributed by atoms with Gasteiger partial charge < -0.3 is 14.5 Å². The monoisotopic (exact) mass is 491 g/mol. The van der Waals surface area contributed by atoms with Crippen molar-refractivity contribution in [2.45, 2.75) is 20.4 Å². The standard InChI is InChI=1S/C23H24Cl2FN5O2/c1-3-33-20-13-19(17(26)12-16(20)24)29-8-10-30(11-9-29)21(32)14-31-15(2)22(25)23(28-31)18-6-4-5-7-27-18/h4-7,12-13H,3,8-11,14H2,1-2H3. The Kier molecular flexibility index (Phi) is 7.05. The number of rotatable bonds is 6. The molecule has 33 heavy (non-hydrogen) atoms. The number of hydrogen-bond acceptors (Lipinski definition) is 5. The van der Waals surface area contributed by atoms with Crippen molar-refractivity contribution in [2.24, 2.45) is 0 Å². The fraction of sp³-hybridized carbons (Fsp3) is 0.348. The molecule has 0 aliphatic carbocycles. The Hall–Kier alpha value is -2.84. The van der Waals surface area contributed by atoms with Gasteiger partial charge in [-0.05, 0) is 32.0 Å². The summed E-state index contributed by atoms with van der Waals surface area (Å²) in [5, 5.41) is 5.23. The molecule has 3 aromatic rings. The second-order valence-electron chi connectivity index (χ2n) is 7.66. The molecule has 0 saturated carbocycles. The average molecular weight is 492 g/mol. The Labute approximate surface area is 201 Å². The largest absolute Gasteiger partial charge is 0.492 e. The summed E-state index contributed by atoms with van der Waals surface area (Å²) in [5.74, 6) is -0.0352. The van der Waals surface area contributed by atoms with E-state index >= 15 is 0 Å². The van der Waals surface area contributed by atoms with Crippen LogP contribution < -0.4 is 9.64 Å². The van der Waals surface area contributed by atoms with Crippen molar-refractivity contribution in [3.63, 3.8) is 0 Å². The van der Waals surface area contributed by atoms with E-state index in [2.05, 4.69) is 10.1 Å². The third kappa shape index (κ3) is 4.91. The topological polar surface area (TPSA) is 63.5 Å². The number of ether oxygens (including phenoxy) is 1. The van der Waals surface area contributed by atoms with Gasteiger partial charge in [-0.2, -0.15) is 5.10 Å². The number of aromatic nitrogens is 3. The Balaban J connectivity index is 1.42. The maximum atomic E-state index is 14.5. The fourth-order valence-corrected chi connectivity index (χ4v) is 4.23. The third-order valence-corrected chi connectivity index (χ3v) is 6.35. The van der Waals surface area contributed by atoms with Crippen LogP contribution in [0.3, 0.4) is 0 Å². The van der Waals surface area contributed by atoms with E-state index in [0.29, 0.717) is 66.3 Å². The summed E-state index contributed by atoms with van der Waals surface area (Å²) in [6, 6.07) is 8.39. The van der Waals surface area contributed by atoms with Crippen LogP contribution >= 0.6 is 23.2 Å². The van der Waals surface area contributed by atoms with Crippen LogP contribution in [0.1, 0.15) is 12.6 Å². The van der Waals surface area contributed by atoms with E-state index in [9.17, 15) is 9.18 Å². The predicted octanol–water partition coefficient (Wildman–Crippen LogP) is 4.45. The lowest BCUT2D eigenvalue weighted by molar-refractivity contribution is -0.132. The van der Waals surface area contributed by atoms with E-state index in [1.807, 2.05) is 36.9 Å². The number of hydrogen-bond donors (Lipinski definition) is 0. The van der Waals surface area contributed by atoms with Gasteiger partial charge in [-0.15, -0.1) is 0 Å². The first kappa shape index (κ1) is 23.3. The van der Waals surface area contributed by atoms with Crippen LogP contribution in [-0.4, -0.2) is 58.4 Å². The first-order valence-electron chi connectivity index (χ1n) is 10.7. The lowest BCUT2D eigenvalue weighted by atomic mass is 10.2. The molecule has 1 aromatic carbocycles. The summed E-state index contributed by atoms with van der Waals surface area (Å²) in [6.45, 7) is 6.10. The fourth-order valence-electron chi connectivity index (χ4n) is 3.80. The third-order valence-electron chi connectivity index (χ3n) is 5.60. The molecule has 4 rings (SSSR count). The van der Waals surface area contributed by atoms with Crippen LogP contribution in [0.5, 0.6) is 5.75 Å². The molecule has 0 atom stereocenters. The van der Waals surface area contributed by atoms with Crippen molar-refractivity contribution >= 4 is 34.8 Å². The Bertz CT molecular complexity index is 1150. The van der Waals surface area contributed by atoms with Crippen LogP contribution in [0.4, 0.5) is 10.1 Å². The highest BCUT2D eigenvalue weighted by Gasteiger charge is 2.25. The molecule has 1 aliphatic rings. The zero-order chi connectivity index (χ0) is 23.5. The SMILES string of the molecule is CCOc1cc(N2CCN(C(=O)Cn3nc(-c4ccccn4)c(Cl)c3C)CC2)c(F)cc1Cl. The van der Waals surface area contributed by atoms with Crippen LogP contribution in [-0.2, 0) is 11.3 Å². The van der Waals surface area contributed by atoms with Gasteiger partial charge in [-0.1, -0.05) is 29.3 Å². The van der Waals surface area contributed by atoms with E-state index in [1.54, 1.807) is 21.8 Å². The molecule has 0 spiro atoms. The van der Waals surface area contributed by atoms with E-state index in [0.717, 1.165) is 0 Å². The van der Waals surface area contributed by atoms with Gasteiger partial charge in [0.25, 0.3) is 0 Å². The normalized spacial score (nSPS) is 14.0. The van der Waals surface area contributed by atoms with Gasteiger partial charge in [-0.25, -0.2) is 4.39 Å².